The van der Waals surface area contributed by atoms with Gasteiger partial charge in [0.1, 0.15) is 5.54 Å². The number of carbonyl (C=O) groups is 1. The number of rotatable bonds is 8. The molecule has 1 atom stereocenters. The molecule has 0 aliphatic carbocycles. The van der Waals surface area contributed by atoms with Crippen molar-refractivity contribution in [2.45, 2.75) is 37.1 Å². The Balaban J connectivity index is 2.41. The quantitative estimate of drug-likeness (QED) is 0.568. The van der Waals surface area contributed by atoms with Crippen LogP contribution in [0.15, 0.2) is 29.2 Å². The van der Waals surface area contributed by atoms with Gasteiger partial charge in [0.05, 0.1) is 5.02 Å². The van der Waals surface area contributed by atoms with Gasteiger partial charge in [-0.25, -0.2) is 0 Å². The molecular weight excluding hydrogens is 282 g/mol. The number of thioether (sulfide) groups is 1. The lowest BCUT2D eigenvalue weighted by molar-refractivity contribution is -0.144. The Morgan fingerprint density at radius 1 is 1.47 bits per heavy atom. The van der Waals surface area contributed by atoms with Crippen molar-refractivity contribution < 1.29 is 9.90 Å². The van der Waals surface area contributed by atoms with E-state index in [0.29, 0.717) is 13.0 Å². The van der Waals surface area contributed by atoms with E-state index in [4.69, 9.17) is 11.6 Å². The lowest BCUT2D eigenvalue weighted by atomic mass is 9.96. The molecule has 0 radical (unpaired) electrons. The van der Waals surface area contributed by atoms with Crippen molar-refractivity contribution in [3.8, 4) is 0 Å². The van der Waals surface area contributed by atoms with E-state index < -0.39 is 11.5 Å². The van der Waals surface area contributed by atoms with Gasteiger partial charge in [-0.3, -0.25) is 4.79 Å². The summed E-state index contributed by atoms with van der Waals surface area (Å²) in [5, 5.41) is 13.0. The first-order chi connectivity index (χ1) is 8.99. The number of aliphatic carboxylic acids is 1. The standard InChI is InChI=1S/C14H20ClNO2S/c1-3-16-14(2,13(17)18)9-6-10-19-12-8-5-4-7-11(12)15/h4-5,7-8,16H,3,6,9-10H2,1-2H3,(H,17,18). The summed E-state index contributed by atoms with van der Waals surface area (Å²) < 4.78 is 0. The molecule has 0 heterocycles. The molecular formula is C14H20ClNO2S. The second kappa shape index (κ2) is 7.78. The Morgan fingerprint density at radius 2 is 2.16 bits per heavy atom. The Morgan fingerprint density at radius 3 is 2.74 bits per heavy atom. The number of hydrogen-bond acceptors (Lipinski definition) is 3. The molecule has 0 aromatic heterocycles. The second-order valence-electron chi connectivity index (χ2n) is 4.55. The first kappa shape index (κ1) is 16.3. The van der Waals surface area contributed by atoms with Crippen LogP contribution in [-0.2, 0) is 4.79 Å². The van der Waals surface area contributed by atoms with Gasteiger partial charge in [-0.2, -0.15) is 0 Å². The molecule has 0 bridgehead atoms. The highest BCUT2D eigenvalue weighted by Gasteiger charge is 2.31. The maximum atomic E-state index is 11.2. The highest BCUT2D eigenvalue weighted by molar-refractivity contribution is 7.99. The van der Waals surface area contributed by atoms with Gasteiger partial charge in [-0.1, -0.05) is 30.7 Å². The summed E-state index contributed by atoms with van der Waals surface area (Å²) in [6.45, 7) is 4.30. The van der Waals surface area contributed by atoms with Crippen LogP contribution in [0.1, 0.15) is 26.7 Å². The summed E-state index contributed by atoms with van der Waals surface area (Å²) in [4.78, 5) is 12.3. The molecule has 106 valence electrons. The highest BCUT2D eigenvalue weighted by atomic mass is 35.5. The van der Waals surface area contributed by atoms with Gasteiger partial charge >= 0.3 is 5.97 Å². The number of benzene rings is 1. The van der Waals surface area contributed by atoms with E-state index in [1.54, 1.807) is 18.7 Å². The molecule has 1 aromatic rings. The summed E-state index contributed by atoms with van der Waals surface area (Å²) in [6.07, 6.45) is 1.43. The summed E-state index contributed by atoms with van der Waals surface area (Å²) in [5.74, 6) is 0.0648. The van der Waals surface area contributed by atoms with Gasteiger partial charge in [0.15, 0.2) is 0 Å². The maximum Gasteiger partial charge on any atom is 0.323 e. The van der Waals surface area contributed by atoms with Crippen molar-refractivity contribution in [3.05, 3.63) is 29.3 Å². The fraction of sp³-hybridized carbons (Fsp3) is 0.500. The predicted octanol–water partition coefficient (Wildman–Crippen LogP) is 3.67. The summed E-state index contributed by atoms with van der Waals surface area (Å²) >= 11 is 7.73. The molecule has 0 spiro atoms. The van der Waals surface area contributed by atoms with Crippen molar-refractivity contribution in [2.75, 3.05) is 12.3 Å². The third-order valence-corrected chi connectivity index (χ3v) is 4.56. The Kier molecular flexibility index (Phi) is 6.69. The first-order valence-electron chi connectivity index (χ1n) is 6.35. The molecule has 1 rings (SSSR count). The SMILES string of the molecule is CCNC(C)(CCCSc1ccccc1Cl)C(=O)O. The molecule has 0 saturated heterocycles. The smallest absolute Gasteiger partial charge is 0.323 e. The van der Waals surface area contributed by atoms with Crippen molar-refractivity contribution >= 4 is 29.3 Å². The second-order valence-corrected chi connectivity index (χ2v) is 6.09. The van der Waals surface area contributed by atoms with Crippen LogP contribution in [0.2, 0.25) is 5.02 Å². The molecule has 2 N–H and O–H groups in total. The molecule has 0 saturated carbocycles. The van der Waals surface area contributed by atoms with Crippen molar-refractivity contribution in [1.82, 2.24) is 5.32 Å². The molecule has 19 heavy (non-hydrogen) atoms. The lowest BCUT2D eigenvalue weighted by Gasteiger charge is -2.25. The van der Waals surface area contributed by atoms with Crippen LogP contribution in [0, 0.1) is 0 Å². The summed E-state index contributed by atoms with van der Waals surface area (Å²) in [5.41, 5.74) is -0.838. The van der Waals surface area contributed by atoms with E-state index in [-0.39, 0.29) is 0 Å². The van der Waals surface area contributed by atoms with Crippen LogP contribution in [0.4, 0.5) is 0 Å². The lowest BCUT2D eigenvalue weighted by Crippen LogP contribution is -2.49. The normalized spacial score (nSPS) is 14.1. The van der Waals surface area contributed by atoms with Crippen LogP contribution >= 0.6 is 23.4 Å². The van der Waals surface area contributed by atoms with Gasteiger partial charge in [0.25, 0.3) is 0 Å². The minimum Gasteiger partial charge on any atom is -0.480 e. The number of likely N-dealkylation sites (N-methyl/N-ethyl adjacent to an activating group) is 1. The molecule has 5 heteroatoms. The van der Waals surface area contributed by atoms with E-state index in [0.717, 1.165) is 22.1 Å². The van der Waals surface area contributed by atoms with Crippen LogP contribution in [0.3, 0.4) is 0 Å². The zero-order valence-electron chi connectivity index (χ0n) is 11.3. The van der Waals surface area contributed by atoms with E-state index in [2.05, 4.69) is 5.32 Å². The van der Waals surface area contributed by atoms with Crippen LogP contribution in [0.5, 0.6) is 0 Å². The third-order valence-electron chi connectivity index (χ3n) is 2.95. The first-order valence-corrected chi connectivity index (χ1v) is 7.71. The minimum absolute atomic E-state index is 0.605. The molecule has 0 aliphatic rings. The number of halogens is 1. The zero-order valence-corrected chi connectivity index (χ0v) is 12.9. The number of hydrogen-bond donors (Lipinski definition) is 2. The molecule has 0 aliphatic heterocycles. The molecule has 1 aromatic carbocycles. The topological polar surface area (TPSA) is 49.3 Å². The fourth-order valence-electron chi connectivity index (χ4n) is 1.83. The number of nitrogens with one attached hydrogen (secondary N) is 1. The van der Waals surface area contributed by atoms with Gasteiger partial charge in [-0.05, 0) is 44.2 Å². The van der Waals surface area contributed by atoms with Gasteiger partial charge in [0, 0.05) is 4.90 Å². The van der Waals surface area contributed by atoms with Gasteiger partial charge in [-0.15, -0.1) is 11.8 Å². The third kappa shape index (κ3) is 5.05. The Labute approximate surface area is 123 Å². The maximum absolute atomic E-state index is 11.2. The highest BCUT2D eigenvalue weighted by Crippen LogP contribution is 2.28. The largest absolute Gasteiger partial charge is 0.480 e. The molecule has 0 amide bonds. The van der Waals surface area contributed by atoms with E-state index in [9.17, 15) is 9.90 Å². The predicted molar refractivity (Wildman–Crippen MR) is 81.1 cm³/mol. The number of carboxylic acids is 1. The number of carboxylic acid groups (broad SMARTS) is 1. The minimum atomic E-state index is -0.838. The summed E-state index contributed by atoms with van der Waals surface area (Å²) in [6, 6.07) is 7.70. The summed E-state index contributed by atoms with van der Waals surface area (Å²) in [7, 11) is 0. The zero-order chi connectivity index (χ0) is 14.3. The molecule has 1 unspecified atom stereocenters. The van der Waals surface area contributed by atoms with E-state index >= 15 is 0 Å². The van der Waals surface area contributed by atoms with Gasteiger partial charge < -0.3 is 10.4 Å². The van der Waals surface area contributed by atoms with Crippen molar-refractivity contribution in [2.24, 2.45) is 0 Å². The van der Waals surface area contributed by atoms with Crippen molar-refractivity contribution in [1.29, 1.82) is 0 Å². The average molecular weight is 302 g/mol. The monoisotopic (exact) mass is 301 g/mol. The fourth-order valence-corrected chi connectivity index (χ4v) is 3.02. The molecule has 0 fully saturated rings. The van der Waals surface area contributed by atoms with Crippen LogP contribution < -0.4 is 5.32 Å². The van der Waals surface area contributed by atoms with E-state index in [1.807, 2.05) is 31.2 Å². The van der Waals surface area contributed by atoms with E-state index in [1.165, 1.54) is 0 Å². The van der Waals surface area contributed by atoms with Gasteiger partial charge in [0.2, 0.25) is 0 Å². The Bertz CT molecular complexity index is 428. The van der Waals surface area contributed by atoms with Crippen LogP contribution in [0.25, 0.3) is 0 Å². The Hall–Kier alpha value is -0.710. The van der Waals surface area contributed by atoms with Crippen LogP contribution in [-0.4, -0.2) is 28.9 Å². The average Bonchev–Trinajstić information content (AvgIpc) is 2.37. The van der Waals surface area contributed by atoms with Crippen molar-refractivity contribution in [3.63, 3.8) is 0 Å². The molecule has 3 nitrogen and oxygen atoms in total.